The van der Waals surface area contributed by atoms with E-state index in [2.05, 4.69) is 15.1 Å². The number of hydrogen-bond donors (Lipinski definition) is 0. The molecular formula is C14H10N6O3. The maximum atomic E-state index is 12.3. The highest BCUT2D eigenvalue weighted by Gasteiger charge is 2.19. The molecule has 1 aromatic heterocycles. The minimum absolute atomic E-state index is 0.0691. The molecule has 2 rings (SSSR count). The molecule has 23 heavy (non-hydrogen) atoms. The van der Waals surface area contributed by atoms with Crippen molar-refractivity contribution in [3.05, 3.63) is 61.9 Å². The first kappa shape index (κ1) is 15.8. The van der Waals surface area contributed by atoms with Crippen molar-refractivity contribution in [1.82, 2.24) is 9.78 Å². The van der Waals surface area contributed by atoms with E-state index in [0.29, 0.717) is 11.4 Å². The lowest BCUT2D eigenvalue weighted by Gasteiger charge is -2.10. The Morgan fingerprint density at radius 2 is 2.09 bits per heavy atom. The molecule has 9 heteroatoms. The molecule has 1 heterocycles. The van der Waals surface area contributed by atoms with Crippen LogP contribution in [0.4, 0.5) is 0 Å². The fraction of sp³-hybridized carbons (Fsp3) is 0.143. The van der Waals surface area contributed by atoms with Crippen LogP contribution in [-0.4, -0.2) is 22.8 Å². The first-order chi connectivity index (χ1) is 11.0. The van der Waals surface area contributed by atoms with E-state index in [4.69, 9.17) is 15.5 Å². The molecule has 0 radical (unpaired) electrons. The Morgan fingerprint density at radius 1 is 1.43 bits per heavy atom. The smallest absolute Gasteiger partial charge is 0.289 e. The van der Waals surface area contributed by atoms with Crippen LogP contribution >= 0.6 is 0 Å². The van der Waals surface area contributed by atoms with Crippen molar-refractivity contribution in [2.75, 3.05) is 7.11 Å². The van der Waals surface area contributed by atoms with E-state index >= 15 is 0 Å². The molecule has 2 aromatic rings. The van der Waals surface area contributed by atoms with E-state index in [1.165, 1.54) is 14.0 Å². The Kier molecular flexibility index (Phi) is 4.40. The van der Waals surface area contributed by atoms with Gasteiger partial charge >= 0.3 is 0 Å². The minimum atomic E-state index is -0.969. The minimum Gasteiger partial charge on any atom is -0.497 e. The van der Waals surface area contributed by atoms with E-state index in [1.807, 2.05) is 0 Å². The Hall–Kier alpha value is -3.63. The zero-order valence-corrected chi connectivity index (χ0v) is 12.2. The lowest BCUT2D eigenvalue weighted by Crippen LogP contribution is -2.27. The summed E-state index contributed by atoms with van der Waals surface area (Å²) in [5.74, 6) is -0.399. The molecule has 1 amide bonds. The normalized spacial score (nSPS) is 9.61. The van der Waals surface area contributed by atoms with Gasteiger partial charge in [-0.3, -0.25) is 9.59 Å². The molecule has 0 bridgehead atoms. The number of azide groups is 1. The van der Waals surface area contributed by atoms with Gasteiger partial charge in [0.25, 0.3) is 11.5 Å². The molecule has 0 aliphatic rings. The molecule has 114 valence electrons. The highest BCUT2D eigenvalue weighted by molar-refractivity contribution is 5.94. The number of nitrogens with zero attached hydrogens (tertiary/aromatic N) is 6. The molecule has 0 aliphatic heterocycles. The number of ether oxygens (including phenoxy) is 1. The molecule has 0 atom stereocenters. The van der Waals surface area contributed by atoms with E-state index in [-0.39, 0.29) is 16.8 Å². The van der Waals surface area contributed by atoms with Gasteiger partial charge in [0.05, 0.1) is 12.8 Å². The zero-order chi connectivity index (χ0) is 17.0. The summed E-state index contributed by atoms with van der Waals surface area (Å²) < 4.78 is 5.93. The standard InChI is InChI=1S/C14H10N6O3/c1-8-11(7-15)14(22)20(18-12(8)13(21)17-19-16)9-3-5-10(23-2)6-4-9/h3-6H,1-2H3. The van der Waals surface area contributed by atoms with Gasteiger partial charge in [-0.15, -0.1) is 0 Å². The van der Waals surface area contributed by atoms with Crippen molar-refractivity contribution < 1.29 is 9.53 Å². The fourth-order valence-corrected chi connectivity index (χ4v) is 1.93. The Bertz CT molecular complexity index is 917. The van der Waals surface area contributed by atoms with Crippen LogP contribution < -0.4 is 10.3 Å². The molecule has 9 nitrogen and oxygen atoms in total. The third-order valence-corrected chi connectivity index (χ3v) is 3.10. The third-order valence-electron chi connectivity index (χ3n) is 3.10. The first-order valence-corrected chi connectivity index (χ1v) is 6.31. The topological polar surface area (TPSA) is 134 Å². The highest BCUT2D eigenvalue weighted by Crippen LogP contribution is 2.15. The van der Waals surface area contributed by atoms with Crippen LogP contribution in [0.15, 0.2) is 34.2 Å². The lowest BCUT2D eigenvalue weighted by atomic mass is 10.1. The van der Waals surface area contributed by atoms with Crippen LogP contribution in [0.1, 0.15) is 21.6 Å². The second-order valence-corrected chi connectivity index (χ2v) is 4.37. The number of carbonyl (C=O) groups is 1. The zero-order valence-electron chi connectivity index (χ0n) is 12.2. The molecule has 0 aliphatic carbocycles. The molecule has 0 spiro atoms. The predicted octanol–water partition coefficient (Wildman–Crippen LogP) is 1.87. The summed E-state index contributed by atoms with van der Waals surface area (Å²) >= 11 is 0. The summed E-state index contributed by atoms with van der Waals surface area (Å²) in [6.07, 6.45) is 0. The van der Waals surface area contributed by atoms with E-state index in [1.54, 1.807) is 30.3 Å². The lowest BCUT2D eigenvalue weighted by molar-refractivity contribution is 0.0993. The second kappa shape index (κ2) is 6.43. The number of nitriles is 1. The number of amides is 1. The summed E-state index contributed by atoms with van der Waals surface area (Å²) in [5.41, 5.74) is 7.61. The van der Waals surface area contributed by atoms with Gasteiger partial charge in [-0.2, -0.15) is 15.0 Å². The highest BCUT2D eigenvalue weighted by atomic mass is 16.5. The quantitative estimate of drug-likeness (QED) is 0.484. The fourth-order valence-electron chi connectivity index (χ4n) is 1.93. The van der Waals surface area contributed by atoms with Crippen molar-refractivity contribution in [2.45, 2.75) is 6.92 Å². The van der Waals surface area contributed by atoms with Crippen LogP contribution in [-0.2, 0) is 0 Å². The van der Waals surface area contributed by atoms with Gasteiger partial charge in [0.15, 0.2) is 0 Å². The molecule has 0 saturated heterocycles. The van der Waals surface area contributed by atoms with Crippen LogP contribution in [0.3, 0.4) is 0 Å². The first-order valence-electron chi connectivity index (χ1n) is 6.31. The summed E-state index contributed by atoms with van der Waals surface area (Å²) in [5, 5.41) is 16.0. The monoisotopic (exact) mass is 310 g/mol. The van der Waals surface area contributed by atoms with Crippen LogP contribution in [0.5, 0.6) is 5.75 Å². The van der Waals surface area contributed by atoms with Crippen molar-refractivity contribution in [1.29, 1.82) is 5.26 Å². The van der Waals surface area contributed by atoms with Gasteiger partial charge in [0.1, 0.15) is 23.1 Å². The average molecular weight is 310 g/mol. The number of benzene rings is 1. The maximum Gasteiger partial charge on any atom is 0.289 e. The largest absolute Gasteiger partial charge is 0.497 e. The van der Waals surface area contributed by atoms with Crippen molar-refractivity contribution in [3.63, 3.8) is 0 Å². The van der Waals surface area contributed by atoms with Crippen LogP contribution in [0, 0.1) is 18.3 Å². The number of hydrogen-bond acceptors (Lipinski definition) is 5. The number of carbonyl (C=O) groups excluding carboxylic acids is 1. The third kappa shape index (κ3) is 2.88. The molecule has 0 N–H and O–H groups in total. The second-order valence-electron chi connectivity index (χ2n) is 4.37. The summed E-state index contributed by atoms with van der Waals surface area (Å²) in [6, 6.07) is 8.05. The van der Waals surface area contributed by atoms with Gasteiger partial charge < -0.3 is 4.74 Å². The van der Waals surface area contributed by atoms with Gasteiger partial charge in [-0.05, 0) is 41.8 Å². The number of rotatable bonds is 3. The van der Waals surface area contributed by atoms with Crippen molar-refractivity contribution in [2.24, 2.45) is 5.11 Å². The average Bonchev–Trinajstić information content (AvgIpc) is 2.56. The molecular weight excluding hydrogens is 300 g/mol. The molecule has 1 aromatic carbocycles. The van der Waals surface area contributed by atoms with Gasteiger partial charge in [0.2, 0.25) is 0 Å². The molecule has 0 saturated carbocycles. The van der Waals surface area contributed by atoms with Crippen molar-refractivity contribution in [3.8, 4) is 17.5 Å². The maximum absolute atomic E-state index is 12.3. The Morgan fingerprint density at radius 3 is 2.61 bits per heavy atom. The number of methoxy groups -OCH3 is 1. The molecule has 0 unspecified atom stereocenters. The Balaban J connectivity index is 2.75. The van der Waals surface area contributed by atoms with Crippen LogP contribution in [0.25, 0.3) is 16.1 Å². The van der Waals surface area contributed by atoms with Gasteiger partial charge in [-0.25, -0.2) is 0 Å². The van der Waals surface area contributed by atoms with Crippen LogP contribution in [0.2, 0.25) is 0 Å². The summed E-state index contributed by atoms with van der Waals surface area (Å²) in [4.78, 5) is 26.5. The number of aromatic nitrogens is 2. The summed E-state index contributed by atoms with van der Waals surface area (Å²) in [7, 11) is 1.50. The SMILES string of the molecule is COc1ccc(-n2nc(C(=O)N=[N+]=[N-])c(C)c(C#N)c2=O)cc1. The van der Waals surface area contributed by atoms with E-state index < -0.39 is 11.5 Å². The summed E-state index contributed by atoms with van der Waals surface area (Å²) in [6.45, 7) is 1.39. The Labute approximate surface area is 130 Å². The van der Waals surface area contributed by atoms with E-state index in [9.17, 15) is 9.59 Å². The van der Waals surface area contributed by atoms with Gasteiger partial charge in [0, 0.05) is 10.5 Å². The predicted molar refractivity (Wildman–Crippen MR) is 79.3 cm³/mol. The van der Waals surface area contributed by atoms with E-state index in [0.717, 1.165) is 4.68 Å². The van der Waals surface area contributed by atoms with Crippen molar-refractivity contribution >= 4 is 5.91 Å². The molecule has 0 fully saturated rings. The van der Waals surface area contributed by atoms with Gasteiger partial charge in [-0.1, -0.05) is 0 Å².